The van der Waals surface area contributed by atoms with Crippen molar-refractivity contribution in [1.82, 2.24) is 0 Å². The van der Waals surface area contributed by atoms with E-state index in [1.807, 2.05) is 42.5 Å². The number of methoxy groups -OCH3 is 2. The Labute approximate surface area is 177 Å². The maximum Gasteiger partial charge on any atom is 0.232 e. The maximum absolute atomic E-state index is 13.5. The van der Waals surface area contributed by atoms with Gasteiger partial charge in [0.2, 0.25) is 5.91 Å². The zero-order chi connectivity index (χ0) is 21.3. The monoisotopic (exact) mass is 405 g/mol. The van der Waals surface area contributed by atoms with Crippen molar-refractivity contribution in [3.05, 3.63) is 64.9 Å². The number of rotatable bonds is 5. The predicted octanol–water partition coefficient (Wildman–Crippen LogP) is 4.79. The van der Waals surface area contributed by atoms with Gasteiger partial charge in [0.1, 0.15) is 0 Å². The van der Waals surface area contributed by atoms with Crippen LogP contribution in [-0.4, -0.2) is 25.9 Å². The summed E-state index contributed by atoms with van der Waals surface area (Å²) in [7, 11) is 3.18. The number of Topliss-reactive ketones (excluding diaryl/α,β-unsaturated/α-hetero) is 1. The van der Waals surface area contributed by atoms with Crippen molar-refractivity contribution < 1.29 is 19.1 Å². The van der Waals surface area contributed by atoms with Crippen molar-refractivity contribution in [2.75, 3.05) is 19.1 Å². The first-order valence-electron chi connectivity index (χ1n) is 10.5. The molecule has 0 saturated carbocycles. The molecule has 5 nitrogen and oxygen atoms in total. The van der Waals surface area contributed by atoms with Gasteiger partial charge in [-0.2, -0.15) is 0 Å². The van der Waals surface area contributed by atoms with E-state index in [9.17, 15) is 9.59 Å². The summed E-state index contributed by atoms with van der Waals surface area (Å²) in [5.74, 6) is 1.00. The minimum absolute atomic E-state index is 0.0132. The summed E-state index contributed by atoms with van der Waals surface area (Å²) in [6.45, 7) is 2.08. The molecule has 0 saturated heterocycles. The molecule has 1 amide bonds. The fraction of sp³-hybridized carbons (Fsp3) is 0.360. The number of aryl methyl sites for hydroxylation is 1. The second-order valence-electron chi connectivity index (χ2n) is 7.69. The number of nitrogens with zero attached hydrogens (tertiary/aromatic N) is 1. The van der Waals surface area contributed by atoms with Crippen LogP contribution in [0, 0.1) is 0 Å². The smallest absolute Gasteiger partial charge is 0.232 e. The Morgan fingerprint density at radius 1 is 1.00 bits per heavy atom. The molecule has 2 aromatic rings. The second-order valence-corrected chi connectivity index (χ2v) is 7.69. The van der Waals surface area contributed by atoms with Gasteiger partial charge < -0.3 is 9.47 Å². The zero-order valence-corrected chi connectivity index (χ0v) is 17.7. The Morgan fingerprint density at radius 3 is 2.53 bits per heavy atom. The molecule has 0 bridgehead atoms. The lowest BCUT2D eigenvalue weighted by Crippen LogP contribution is -2.41. The standard InChI is InChI=1S/C25H27NO4/c1-4-16-9-5-6-11-19(16)26-20-12-8-13-21(27)24(20)18(15-23(26)28)17-10-7-14-22(29-2)25(17)30-3/h5-7,9-11,14,18H,4,8,12-13,15H2,1-3H3. The van der Waals surface area contributed by atoms with E-state index in [0.717, 1.165) is 40.9 Å². The molecule has 0 N–H and O–H groups in total. The lowest BCUT2D eigenvalue weighted by molar-refractivity contribution is -0.119. The Kier molecular flexibility index (Phi) is 5.62. The van der Waals surface area contributed by atoms with E-state index in [2.05, 4.69) is 6.92 Å². The van der Waals surface area contributed by atoms with E-state index in [1.54, 1.807) is 19.1 Å². The van der Waals surface area contributed by atoms with E-state index in [0.29, 0.717) is 24.3 Å². The van der Waals surface area contributed by atoms with Crippen LogP contribution in [0.15, 0.2) is 53.7 Å². The number of amides is 1. The first-order chi connectivity index (χ1) is 14.6. The van der Waals surface area contributed by atoms with E-state index in [4.69, 9.17) is 9.47 Å². The SMILES string of the molecule is CCc1ccccc1N1C(=O)CC(c2cccc(OC)c2OC)C2=C1CCCC2=O. The van der Waals surface area contributed by atoms with Gasteiger partial charge in [-0.3, -0.25) is 14.5 Å². The molecule has 1 heterocycles. The molecule has 0 radical (unpaired) electrons. The van der Waals surface area contributed by atoms with Gasteiger partial charge in [-0.15, -0.1) is 0 Å². The van der Waals surface area contributed by atoms with Crippen LogP contribution >= 0.6 is 0 Å². The van der Waals surface area contributed by atoms with Crippen LogP contribution < -0.4 is 14.4 Å². The number of para-hydroxylation sites is 2. The highest BCUT2D eigenvalue weighted by molar-refractivity contribution is 6.08. The molecule has 1 atom stereocenters. The van der Waals surface area contributed by atoms with Crippen LogP contribution in [0.2, 0.25) is 0 Å². The van der Waals surface area contributed by atoms with Crippen LogP contribution in [0.5, 0.6) is 11.5 Å². The summed E-state index contributed by atoms with van der Waals surface area (Å²) in [6, 6.07) is 13.6. The maximum atomic E-state index is 13.5. The molecule has 1 aliphatic heterocycles. The molecular weight excluding hydrogens is 378 g/mol. The largest absolute Gasteiger partial charge is 0.493 e. The molecule has 1 aliphatic carbocycles. The molecule has 0 aromatic heterocycles. The van der Waals surface area contributed by atoms with Crippen molar-refractivity contribution in [3.8, 4) is 11.5 Å². The molecule has 0 fully saturated rings. The lowest BCUT2D eigenvalue weighted by Gasteiger charge is -2.39. The normalized spacial score (nSPS) is 19.0. The first-order valence-corrected chi connectivity index (χ1v) is 10.5. The lowest BCUT2D eigenvalue weighted by atomic mass is 9.76. The van der Waals surface area contributed by atoms with Crippen LogP contribution in [0.25, 0.3) is 0 Å². The summed E-state index contributed by atoms with van der Waals surface area (Å²) < 4.78 is 11.1. The highest BCUT2D eigenvalue weighted by Gasteiger charge is 2.41. The number of allylic oxidation sites excluding steroid dienone is 2. The van der Waals surface area contributed by atoms with Crippen molar-refractivity contribution in [2.45, 2.75) is 44.9 Å². The Bertz CT molecular complexity index is 1020. The Balaban J connectivity index is 1.91. The number of carbonyl (C=O) groups is 2. The number of hydrogen-bond acceptors (Lipinski definition) is 4. The van der Waals surface area contributed by atoms with Gasteiger partial charge in [-0.05, 0) is 37.0 Å². The summed E-state index contributed by atoms with van der Waals surface area (Å²) >= 11 is 0. The fourth-order valence-corrected chi connectivity index (χ4v) is 4.75. The molecule has 2 aliphatic rings. The third-order valence-corrected chi connectivity index (χ3v) is 6.10. The van der Waals surface area contributed by atoms with Crippen LogP contribution in [0.4, 0.5) is 5.69 Å². The molecule has 4 rings (SSSR count). The average Bonchev–Trinajstić information content (AvgIpc) is 2.78. The van der Waals surface area contributed by atoms with Crippen molar-refractivity contribution in [1.29, 1.82) is 0 Å². The van der Waals surface area contributed by atoms with Gasteiger partial charge >= 0.3 is 0 Å². The average molecular weight is 405 g/mol. The molecular formula is C25H27NO4. The number of hydrogen-bond donors (Lipinski definition) is 0. The van der Waals surface area contributed by atoms with Gasteiger partial charge in [-0.25, -0.2) is 0 Å². The van der Waals surface area contributed by atoms with Gasteiger partial charge in [0.25, 0.3) is 0 Å². The quantitative estimate of drug-likeness (QED) is 0.717. The van der Waals surface area contributed by atoms with Gasteiger partial charge in [0.05, 0.1) is 19.9 Å². The van der Waals surface area contributed by atoms with Crippen molar-refractivity contribution >= 4 is 17.4 Å². The van der Waals surface area contributed by atoms with Gasteiger partial charge in [0, 0.05) is 35.6 Å². The topological polar surface area (TPSA) is 55.8 Å². The molecule has 156 valence electrons. The Morgan fingerprint density at radius 2 is 1.80 bits per heavy atom. The zero-order valence-electron chi connectivity index (χ0n) is 17.7. The Hall–Kier alpha value is -3.08. The van der Waals surface area contributed by atoms with Gasteiger partial charge in [-0.1, -0.05) is 37.3 Å². The fourth-order valence-electron chi connectivity index (χ4n) is 4.75. The predicted molar refractivity (Wildman–Crippen MR) is 116 cm³/mol. The molecule has 5 heteroatoms. The third kappa shape index (κ3) is 3.28. The highest BCUT2D eigenvalue weighted by Crippen LogP contribution is 2.47. The molecule has 0 spiro atoms. The minimum Gasteiger partial charge on any atom is -0.493 e. The summed E-state index contributed by atoms with van der Waals surface area (Å²) in [5.41, 5.74) is 4.42. The van der Waals surface area contributed by atoms with Crippen molar-refractivity contribution in [2.24, 2.45) is 0 Å². The number of ketones is 1. The van der Waals surface area contributed by atoms with Crippen LogP contribution in [-0.2, 0) is 16.0 Å². The third-order valence-electron chi connectivity index (χ3n) is 6.10. The second kappa shape index (κ2) is 8.34. The summed E-state index contributed by atoms with van der Waals surface area (Å²) in [6.07, 6.45) is 3.04. The molecule has 2 aromatic carbocycles. The number of benzene rings is 2. The first kappa shape index (κ1) is 20.2. The van der Waals surface area contributed by atoms with E-state index in [-0.39, 0.29) is 24.0 Å². The van der Waals surface area contributed by atoms with Crippen LogP contribution in [0.3, 0.4) is 0 Å². The number of ether oxygens (including phenoxy) is 2. The van der Waals surface area contributed by atoms with Crippen LogP contribution in [0.1, 0.15) is 49.7 Å². The highest BCUT2D eigenvalue weighted by atomic mass is 16.5. The van der Waals surface area contributed by atoms with E-state index in [1.165, 1.54) is 0 Å². The summed E-state index contributed by atoms with van der Waals surface area (Å²) in [4.78, 5) is 28.4. The molecule has 30 heavy (non-hydrogen) atoms. The van der Waals surface area contributed by atoms with Gasteiger partial charge in [0.15, 0.2) is 17.3 Å². The molecule has 1 unspecified atom stereocenters. The summed E-state index contributed by atoms with van der Waals surface area (Å²) in [5, 5.41) is 0. The van der Waals surface area contributed by atoms with E-state index < -0.39 is 0 Å². The number of carbonyl (C=O) groups excluding carboxylic acids is 2. The van der Waals surface area contributed by atoms with Crippen molar-refractivity contribution in [3.63, 3.8) is 0 Å². The number of anilines is 1. The minimum atomic E-state index is -0.324. The van der Waals surface area contributed by atoms with E-state index >= 15 is 0 Å².